The number of carboxylic acid groups (broad SMARTS) is 1. The molecule has 0 amide bonds. The van der Waals surface area contributed by atoms with Crippen LogP contribution in [0.15, 0.2) is 24.0 Å². The Labute approximate surface area is 93.2 Å². The van der Waals surface area contributed by atoms with Gasteiger partial charge in [-0.25, -0.2) is 14.8 Å². The lowest BCUT2D eigenvalue weighted by Crippen LogP contribution is -1.96. The van der Waals surface area contributed by atoms with Gasteiger partial charge in [0.05, 0.1) is 12.4 Å². The zero-order valence-corrected chi connectivity index (χ0v) is 8.73. The van der Waals surface area contributed by atoms with Crippen molar-refractivity contribution in [3.05, 3.63) is 29.7 Å². The fourth-order valence-corrected chi connectivity index (χ4v) is 2.15. The summed E-state index contributed by atoms with van der Waals surface area (Å²) in [6.45, 7) is 0. The van der Waals surface area contributed by atoms with E-state index >= 15 is 0 Å². The molecule has 16 heavy (non-hydrogen) atoms. The third-order valence-electron chi connectivity index (χ3n) is 2.18. The number of hydrogen-bond donors (Lipinski definition) is 2. The number of aromatic amines is 1. The molecule has 0 aliphatic rings. The lowest BCUT2D eigenvalue weighted by Gasteiger charge is -1.92. The summed E-state index contributed by atoms with van der Waals surface area (Å²) < 4.78 is 1.86. The van der Waals surface area contributed by atoms with E-state index in [9.17, 15) is 4.79 Å². The van der Waals surface area contributed by atoms with E-state index < -0.39 is 5.97 Å². The highest BCUT2D eigenvalue weighted by atomic mass is 32.1. The second kappa shape index (κ2) is 3.17. The van der Waals surface area contributed by atoms with Gasteiger partial charge in [-0.05, 0) is 0 Å². The van der Waals surface area contributed by atoms with Crippen molar-refractivity contribution in [3.8, 4) is 11.6 Å². The fourth-order valence-electron chi connectivity index (χ4n) is 1.46. The van der Waals surface area contributed by atoms with E-state index in [1.807, 2.05) is 16.0 Å². The van der Waals surface area contributed by atoms with Crippen molar-refractivity contribution < 1.29 is 9.90 Å². The summed E-state index contributed by atoms with van der Waals surface area (Å²) in [5.41, 5.74) is 0.0574. The van der Waals surface area contributed by atoms with Gasteiger partial charge in [-0.15, -0.1) is 11.3 Å². The molecule has 0 atom stereocenters. The predicted octanol–water partition coefficient (Wildman–Crippen LogP) is 1.48. The third kappa shape index (κ3) is 1.22. The minimum Gasteiger partial charge on any atom is -0.477 e. The average Bonchev–Trinajstić information content (AvgIpc) is 2.92. The van der Waals surface area contributed by atoms with Crippen molar-refractivity contribution in [3.63, 3.8) is 0 Å². The van der Waals surface area contributed by atoms with Gasteiger partial charge in [0.1, 0.15) is 10.5 Å². The number of carboxylic acids is 1. The Hall–Kier alpha value is -2.15. The Bertz CT molecular complexity index is 666. The van der Waals surface area contributed by atoms with Crippen molar-refractivity contribution in [1.29, 1.82) is 0 Å². The number of fused-ring (bicyclic) bond motifs is 1. The van der Waals surface area contributed by atoms with E-state index in [1.54, 1.807) is 17.5 Å². The SMILES string of the molecule is O=C(O)c1cnc(-c2ncc3sccn23)[nH]1. The molecule has 3 aromatic heterocycles. The van der Waals surface area contributed by atoms with Crippen molar-refractivity contribution >= 4 is 22.1 Å². The van der Waals surface area contributed by atoms with Crippen LogP contribution in [0.5, 0.6) is 0 Å². The van der Waals surface area contributed by atoms with Crippen LogP contribution < -0.4 is 0 Å². The number of aromatic nitrogens is 4. The molecule has 0 aliphatic carbocycles. The molecule has 0 bridgehead atoms. The van der Waals surface area contributed by atoms with Crippen LogP contribution in [0.2, 0.25) is 0 Å². The minimum atomic E-state index is -1.03. The lowest BCUT2D eigenvalue weighted by atomic mass is 10.5. The molecule has 0 saturated heterocycles. The molecular weight excluding hydrogens is 228 g/mol. The van der Waals surface area contributed by atoms with E-state index in [0.717, 1.165) is 4.83 Å². The molecular formula is C9H6N4O2S. The number of carbonyl (C=O) groups is 1. The van der Waals surface area contributed by atoms with Crippen LogP contribution in [0.4, 0.5) is 0 Å². The zero-order chi connectivity index (χ0) is 11.1. The molecule has 3 heterocycles. The summed E-state index contributed by atoms with van der Waals surface area (Å²) in [5.74, 6) is 0.0384. The zero-order valence-electron chi connectivity index (χ0n) is 7.91. The molecule has 7 heteroatoms. The highest BCUT2D eigenvalue weighted by Gasteiger charge is 2.13. The monoisotopic (exact) mass is 234 g/mol. The number of thiazole rings is 1. The molecule has 0 unspecified atom stereocenters. The molecule has 0 saturated carbocycles. The topological polar surface area (TPSA) is 83.3 Å². The molecule has 0 radical (unpaired) electrons. The van der Waals surface area contributed by atoms with Gasteiger partial charge in [-0.3, -0.25) is 4.40 Å². The van der Waals surface area contributed by atoms with Crippen LogP contribution >= 0.6 is 11.3 Å². The third-order valence-corrected chi connectivity index (χ3v) is 2.98. The average molecular weight is 234 g/mol. The summed E-state index contributed by atoms with van der Waals surface area (Å²) in [6.07, 6.45) is 4.87. The van der Waals surface area contributed by atoms with Gasteiger partial charge in [-0.1, -0.05) is 0 Å². The number of nitrogens with zero attached hydrogens (tertiary/aromatic N) is 3. The van der Waals surface area contributed by atoms with Gasteiger partial charge in [-0.2, -0.15) is 0 Å². The summed E-state index contributed by atoms with van der Waals surface area (Å²) >= 11 is 1.56. The van der Waals surface area contributed by atoms with Crippen molar-refractivity contribution in [2.45, 2.75) is 0 Å². The van der Waals surface area contributed by atoms with Crippen molar-refractivity contribution in [1.82, 2.24) is 19.4 Å². The van der Waals surface area contributed by atoms with Crippen LogP contribution in [-0.4, -0.2) is 30.4 Å². The highest BCUT2D eigenvalue weighted by molar-refractivity contribution is 7.15. The largest absolute Gasteiger partial charge is 0.477 e. The van der Waals surface area contributed by atoms with Gasteiger partial charge in [0.25, 0.3) is 0 Å². The molecule has 0 aliphatic heterocycles. The Morgan fingerprint density at radius 2 is 2.31 bits per heavy atom. The highest BCUT2D eigenvalue weighted by Crippen LogP contribution is 2.20. The summed E-state index contributed by atoms with van der Waals surface area (Å²) in [6, 6.07) is 0. The molecule has 80 valence electrons. The number of imidazole rings is 2. The van der Waals surface area contributed by atoms with Crippen LogP contribution in [0.25, 0.3) is 16.5 Å². The number of aromatic carboxylic acids is 1. The van der Waals surface area contributed by atoms with Crippen LogP contribution in [0, 0.1) is 0 Å². The van der Waals surface area contributed by atoms with E-state index in [0.29, 0.717) is 11.6 Å². The number of rotatable bonds is 2. The van der Waals surface area contributed by atoms with E-state index in [-0.39, 0.29) is 5.69 Å². The second-order valence-corrected chi connectivity index (χ2v) is 4.07. The molecule has 0 spiro atoms. The molecule has 3 aromatic rings. The van der Waals surface area contributed by atoms with Gasteiger partial charge in [0.15, 0.2) is 11.6 Å². The number of hydrogen-bond acceptors (Lipinski definition) is 4. The lowest BCUT2D eigenvalue weighted by molar-refractivity contribution is 0.0691. The Morgan fingerprint density at radius 3 is 3.06 bits per heavy atom. The van der Waals surface area contributed by atoms with Gasteiger partial charge in [0.2, 0.25) is 0 Å². The summed E-state index contributed by atoms with van der Waals surface area (Å²) in [7, 11) is 0. The molecule has 0 fully saturated rings. The maximum Gasteiger partial charge on any atom is 0.353 e. The fraction of sp³-hybridized carbons (Fsp3) is 0. The quantitative estimate of drug-likeness (QED) is 0.703. The second-order valence-electron chi connectivity index (χ2n) is 3.14. The first-order valence-electron chi connectivity index (χ1n) is 4.45. The van der Waals surface area contributed by atoms with Gasteiger partial charge in [0, 0.05) is 11.6 Å². The molecule has 0 aromatic carbocycles. The van der Waals surface area contributed by atoms with E-state index in [2.05, 4.69) is 15.0 Å². The summed E-state index contributed by atoms with van der Waals surface area (Å²) in [4.78, 5) is 22.6. The van der Waals surface area contributed by atoms with E-state index in [4.69, 9.17) is 5.11 Å². The van der Waals surface area contributed by atoms with Gasteiger partial charge < -0.3 is 10.1 Å². The number of nitrogens with one attached hydrogen (secondary N) is 1. The summed E-state index contributed by atoms with van der Waals surface area (Å²) in [5, 5.41) is 10.7. The first kappa shape index (κ1) is 9.10. The van der Waals surface area contributed by atoms with Crippen molar-refractivity contribution in [2.24, 2.45) is 0 Å². The van der Waals surface area contributed by atoms with E-state index in [1.165, 1.54) is 6.20 Å². The van der Waals surface area contributed by atoms with Gasteiger partial charge >= 0.3 is 5.97 Å². The van der Waals surface area contributed by atoms with Crippen molar-refractivity contribution in [2.75, 3.05) is 0 Å². The smallest absolute Gasteiger partial charge is 0.353 e. The van der Waals surface area contributed by atoms with Crippen LogP contribution in [0.3, 0.4) is 0 Å². The first-order chi connectivity index (χ1) is 7.75. The maximum absolute atomic E-state index is 10.7. The maximum atomic E-state index is 10.7. The normalized spacial score (nSPS) is 11.0. The Balaban J connectivity index is 2.15. The first-order valence-corrected chi connectivity index (χ1v) is 5.33. The molecule has 3 rings (SSSR count). The Morgan fingerprint density at radius 1 is 1.44 bits per heavy atom. The van der Waals surface area contributed by atoms with Crippen LogP contribution in [-0.2, 0) is 0 Å². The van der Waals surface area contributed by atoms with Crippen LogP contribution in [0.1, 0.15) is 10.5 Å². The molecule has 2 N–H and O–H groups in total. The number of H-pyrrole nitrogens is 1. The standard InChI is InChI=1S/C9H6N4O2S/c14-9(15)5-3-10-7(12-5)8-11-4-6-13(8)1-2-16-6/h1-4H,(H,10,12)(H,14,15). The minimum absolute atomic E-state index is 0.0574. The molecule has 6 nitrogen and oxygen atoms in total. The Kier molecular flexibility index (Phi) is 1.80. The predicted molar refractivity (Wildman–Crippen MR) is 57.6 cm³/mol.